The van der Waals surface area contributed by atoms with Crippen molar-refractivity contribution in [2.45, 2.75) is 32.2 Å². The molecule has 35 heavy (non-hydrogen) atoms. The highest BCUT2D eigenvalue weighted by Crippen LogP contribution is 2.26. The Bertz CT molecular complexity index is 1130. The summed E-state index contributed by atoms with van der Waals surface area (Å²) < 4.78 is 15.8. The summed E-state index contributed by atoms with van der Waals surface area (Å²) in [6.45, 7) is 5.28. The van der Waals surface area contributed by atoms with Crippen LogP contribution in [-0.4, -0.2) is 36.7 Å². The lowest BCUT2D eigenvalue weighted by molar-refractivity contribution is 0.102. The molecule has 0 spiro atoms. The van der Waals surface area contributed by atoms with Gasteiger partial charge in [-0.15, -0.1) is 24.1 Å². The van der Waals surface area contributed by atoms with Crippen molar-refractivity contribution in [2.75, 3.05) is 25.3 Å². The van der Waals surface area contributed by atoms with Crippen LogP contribution in [0.1, 0.15) is 35.5 Å². The zero-order valence-electron chi connectivity index (χ0n) is 21.1. The molecule has 0 aliphatic rings. The molecular formula is C29H34FN3OS. The molecule has 6 heteroatoms. The van der Waals surface area contributed by atoms with Crippen LogP contribution in [0.15, 0.2) is 82.9 Å². The number of amides is 1. The van der Waals surface area contributed by atoms with Crippen LogP contribution >= 0.6 is 11.8 Å². The van der Waals surface area contributed by atoms with Gasteiger partial charge in [0.05, 0.1) is 11.3 Å². The SMILES string of the molecule is C#CC.C/C=C\C=C(/CF)c1c(C)c(C(=O)Nc2ccc(SC)cc2)cn1C/C=C/C=C\C=NC. The fraction of sp³-hybridized carbons (Fsp3) is 0.241. The van der Waals surface area contributed by atoms with Gasteiger partial charge < -0.3 is 9.88 Å². The monoisotopic (exact) mass is 491 g/mol. The summed E-state index contributed by atoms with van der Waals surface area (Å²) in [5.74, 6) is 2.03. The van der Waals surface area contributed by atoms with E-state index in [1.807, 2.05) is 79.3 Å². The zero-order chi connectivity index (χ0) is 26.1. The number of aliphatic imine (C=N–C) groups is 1. The van der Waals surface area contributed by atoms with E-state index in [0.717, 1.165) is 21.8 Å². The number of thioether (sulfide) groups is 1. The average Bonchev–Trinajstić information content (AvgIpc) is 3.19. The van der Waals surface area contributed by atoms with Crippen molar-refractivity contribution in [3.05, 3.63) is 89.8 Å². The Kier molecular flexibility index (Phi) is 14.3. The van der Waals surface area contributed by atoms with Crippen LogP contribution in [0, 0.1) is 19.3 Å². The van der Waals surface area contributed by atoms with E-state index < -0.39 is 6.67 Å². The Morgan fingerprint density at radius 2 is 1.91 bits per heavy atom. The van der Waals surface area contributed by atoms with Crippen molar-refractivity contribution >= 4 is 35.1 Å². The molecule has 0 bridgehead atoms. The highest BCUT2D eigenvalue weighted by Gasteiger charge is 2.20. The topological polar surface area (TPSA) is 46.4 Å². The van der Waals surface area contributed by atoms with Crippen molar-refractivity contribution < 1.29 is 9.18 Å². The summed E-state index contributed by atoms with van der Waals surface area (Å²) in [6.07, 6.45) is 23.1. The quantitative estimate of drug-likeness (QED) is 0.166. The van der Waals surface area contributed by atoms with Crippen LogP contribution in [0.5, 0.6) is 0 Å². The number of anilines is 1. The maximum Gasteiger partial charge on any atom is 0.257 e. The molecule has 0 aliphatic carbocycles. The second-order valence-electron chi connectivity index (χ2n) is 7.21. The van der Waals surface area contributed by atoms with Crippen LogP contribution < -0.4 is 5.32 Å². The first-order valence-corrected chi connectivity index (χ1v) is 12.3. The molecule has 0 saturated heterocycles. The van der Waals surface area contributed by atoms with Gasteiger partial charge in [-0.05, 0) is 62.9 Å². The summed E-state index contributed by atoms with van der Waals surface area (Å²) in [6, 6.07) is 7.69. The normalized spacial score (nSPS) is 11.9. The first-order chi connectivity index (χ1) is 17.0. The molecule has 0 radical (unpaired) electrons. The molecule has 0 aliphatic heterocycles. The molecule has 1 aromatic carbocycles. The molecule has 2 rings (SSSR count). The molecule has 0 unspecified atom stereocenters. The number of nitrogens with one attached hydrogen (secondary N) is 1. The van der Waals surface area contributed by atoms with Gasteiger partial charge in [0, 0.05) is 42.2 Å². The van der Waals surface area contributed by atoms with Crippen molar-refractivity contribution in [2.24, 2.45) is 4.99 Å². The number of benzene rings is 1. The minimum atomic E-state index is -0.622. The summed E-state index contributed by atoms with van der Waals surface area (Å²) in [5, 5.41) is 2.95. The standard InChI is InChI=1S/C26H30FN3OS.C3H4/c1-5-6-11-21(18-27)25-20(2)24(19-30(25)17-10-8-7-9-16-28-3)26(31)29-22-12-14-23(32-4)15-13-22;1-3-2/h5-16,19H,17-18H2,1-4H3,(H,29,31);1H,2H3/b6-5-,9-7-,10-8+,21-11+,28-16?;. The Morgan fingerprint density at radius 3 is 2.49 bits per heavy atom. The molecule has 1 heterocycles. The largest absolute Gasteiger partial charge is 0.343 e. The summed E-state index contributed by atoms with van der Waals surface area (Å²) in [4.78, 5) is 18.0. The molecule has 0 saturated carbocycles. The molecule has 1 N–H and O–H groups in total. The fourth-order valence-electron chi connectivity index (χ4n) is 3.18. The number of nitrogens with zero attached hydrogens (tertiary/aromatic N) is 2. The van der Waals surface area contributed by atoms with E-state index in [1.165, 1.54) is 0 Å². The average molecular weight is 492 g/mol. The van der Waals surface area contributed by atoms with Gasteiger partial charge in [-0.3, -0.25) is 9.79 Å². The van der Waals surface area contributed by atoms with E-state index in [9.17, 15) is 9.18 Å². The van der Waals surface area contributed by atoms with Crippen LogP contribution in [0.4, 0.5) is 10.1 Å². The highest BCUT2D eigenvalue weighted by molar-refractivity contribution is 7.98. The Morgan fingerprint density at radius 1 is 1.23 bits per heavy atom. The molecular weight excluding hydrogens is 457 g/mol. The van der Waals surface area contributed by atoms with Gasteiger partial charge >= 0.3 is 0 Å². The lowest BCUT2D eigenvalue weighted by Crippen LogP contribution is -2.12. The van der Waals surface area contributed by atoms with Gasteiger partial charge in [0.25, 0.3) is 5.91 Å². The number of carbonyl (C=O) groups is 1. The van der Waals surface area contributed by atoms with E-state index in [0.29, 0.717) is 17.7 Å². The van der Waals surface area contributed by atoms with Gasteiger partial charge in [0.15, 0.2) is 0 Å². The number of carbonyl (C=O) groups excluding carboxylic acids is 1. The van der Waals surface area contributed by atoms with Gasteiger partial charge in [0.1, 0.15) is 6.67 Å². The van der Waals surface area contributed by atoms with Crippen LogP contribution in [0.3, 0.4) is 0 Å². The van der Waals surface area contributed by atoms with Crippen LogP contribution in [0.2, 0.25) is 0 Å². The predicted octanol–water partition coefficient (Wildman–Crippen LogP) is 7.15. The molecule has 184 valence electrons. The number of halogens is 1. The zero-order valence-corrected chi connectivity index (χ0v) is 21.9. The van der Waals surface area contributed by atoms with E-state index in [2.05, 4.69) is 22.7 Å². The van der Waals surface area contributed by atoms with E-state index >= 15 is 0 Å². The summed E-state index contributed by atoms with van der Waals surface area (Å²) in [5.41, 5.74) is 3.25. The van der Waals surface area contributed by atoms with Crippen molar-refractivity contribution in [1.29, 1.82) is 0 Å². The Labute approximate surface area is 213 Å². The number of aromatic nitrogens is 1. The number of hydrogen-bond acceptors (Lipinski definition) is 3. The second-order valence-corrected chi connectivity index (χ2v) is 8.09. The minimum absolute atomic E-state index is 0.216. The van der Waals surface area contributed by atoms with Gasteiger partial charge in [-0.1, -0.05) is 36.5 Å². The molecule has 4 nitrogen and oxygen atoms in total. The number of allylic oxidation sites excluding steroid dienone is 8. The third kappa shape index (κ3) is 9.68. The smallest absolute Gasteiger partial charge is 0.257 e. The first kappa shape index (κ1) is 29.5. The fourth-order valence-corrected chi connectivity index (χ4v) is 3.59. The van der Waals surface area contributed by atoms with E-state index in [4.69, 9.17) is 0 Å². The second kappa shape index (κ2) is 17.0. The van der Waals surface area contributed by atoms with E-state index in [1.54, 1.807) is 50.3 Å². The van der Waals surface area contributed by atoms with Crippen LogP contribution in [-0.2, 0) is 6.54 Å². The molecule has 1 aromatic heterocycles. The van der Waals surface area contributed by atoms with E-state index in [-0.39, 0.29) is 5.91 Å². The van der Waals surface area contributed by atoms with Gasteiger partial charge in [0.2, 0.25) is 0 Å². The third-order valence-corrected chi connectivity index (χ3v) is 5.50. The number of rotatable bonds is 10. The molecule has 0 fully saturated rings. The highest BCUT2D eigenvalue weighted by atomic mass is 32.2. The van der Waals surface area contributed by atoms with Crippen LogP contribution in [0.25, 0.3) is 5.57 Å². The number of hydrogen-bond donors (Lipinski definition) is 1. The molecule has 0 atom stereocenters. The lowest BCUT2D eigenvalue weighted by Gasteiger charge is -2.09. The third-order valence-electron chi connectivity index (χ3n) is 4.76. The number of terminal acetylenes is 1. The number of alkyl halides is 1. The summed E-state index contributed by atoms with van der Waals surface area (Å²) >= 11 is 1.64. The van der Waals surface area contributed by atoms with Crippen molar-refractivity contribution in [1.82, 2.24) is 4.57 Å². The van der Waals surface area contributed by atoms with Gasteiger partial charge in [-0.25, -0.2) is 4.39 Å². The van der Waals surface area contributed by atoms with Crippen molar-refractivity contribution in [3.63, 3.8) is 0 Å². The Hall–Kier alpha value is -3.56. The Balaban J connectivity index is 0.00000194. The first-order valence-electron chi connectivity index (χ1n) is 11.1. The molecule has 1 amide bonds. The summed E-state index contributed by atoms with van der Waals surface area (Å²) in [7, 11) is 1.71. The minimum Gasteiger partial charge on any atom is -0.343 e. The lowest BCUT2D eigenvalue weighted by atomic mass is 10.1. The van der Waals surface area contributed by atoms with Crippen molar-refractivity contribution in [3.8, 4) is 12.3 Å². The maximum atomic E-state index is 13.9. The maximum absolute atomic E-state index is 13.9. The predicted molar refractivity (Wildman–Crippen MR) is 151 cm³/mol. The van der Waals surface area contributed by atoms with Gasteiger partial charge in [-0.2, -0.15) is 0 Å². The molecule has 2 aromatic rings.